The SMILES string of the molecule is CCOc1ccc(/C=N\NC(=O)CNC2CCCCC2)cc1OCC. The topological polar surface area (TPSA) is 72.0 Å². The predicted molar refractivity (Wildman–Crippen MR) is 99.4 cm³/mol. The third kappa shape index (κ3) is 6.74. The summed E-state index contributed by atoms with van der Waals surface area (Å²) in [5, 5.41) is 7.32. The van der Waals surface area contributed by atoms with Crippen molar-refractivity contribution in [2.24, 2.45) is 5.10 Å². The number of benzene rings is 1. The van der Waals surface area contributed by atoms with Gasteiger partial charge in [-0.2, -0.15) is 5.10 Å². The number of hydrogen-bond donors (Lipinski definition) is 2. The number of rotatable bonds is 9. The number of hydrazone groups is 1. The standard InChI is InChI=1S/C19H29N3O3/c1-3-24-17-11-10-15(12-18(17)25-4-2)13-21-22-19(23)14-20-16-8-6-5-7-9-16/h10-13,16,20H,3-9,14H2,1-2H3,(H,22,23)/b21-13-. The molecule has 138 valence electrons. The van der Waals surface area contributed by atoms with Crippen LogP contribution in [-0.4, -0.2) is 37.9 Å². The molecule has 25 heavy (non-hydrogen) atoms. The fourth-order valence-corrected chi connectivity index (χ4v) is 2.91. The molecule has 0 unspecified atom stereocenters. The first kappa shape index (κ1) is 19.2. The van der Waals surface area contributed by atoms with Crippen LogP contribution in [0.2, 0.25) is 0 Å². The van der Waals surface area contributed by atoms with E-state index in [-0.39, 0.29) is 5.91 Å². The van der Waals surface area contributed by atoms with Crippen LogP contribution in [0.3, 0.4) is 0 Å². The second-order valence-electron chi connectivity index (χ2n) is 6.08. The predicted octanol–water partition coefficient (Wildman–Crippen LogP) is 2.86. The zero-order valence-electron chi connectivity index (χ0n) is 15.2. The Kier molecular flexibility index (Phi) is 8.25. The molecule has 0 aliphatic heterocycles. The number of hydrogen-bond acceptors (Lipinski definition) is 5. The molecule has 1 aromatic rings. The summed E-state index contributed by atoms with van der Waals surface area (Å²) in [6, 6.07) is 6.04. The number of nitrogens with one attached hydrogen (secondary N) is 2. The molecule has 0 heterocycles. The summed E-state index contributed by atoms with van der Waals surface area (Å²) >= 11 is 0. The Morgan fingerprint density at radius 2 is 1.88 bits per heavy atom. The van der Waals surface area contributed by atoms with Gasteiger partial charge in [0.25, 0.3) is 5.91 Å². The Morgan fingerprint density at radius 3 is 2.60 bits per heavy atom. The molecule has 0 bridgehead atoms. The van der Waals surface area contributed by atoms with E-state index in [0.717, 1.165) is 18.4 Å². The molecule has 1 fully saturated rings. The van der Waals surface area contributed by atoms with Crippen LogP contribution in [0.15, 0.2) is 23.3 Å². The van der Waals surface area contributed by atoms with E-state index in [2.05, 4.69) is 15.8 Å². The average molecular weight is 347 g/mol. The van der Waals surface area contributed by atoms with E-state index in [1.165, 1.54) is 19.3 Å². The van der Waals surface area contributed by atoms with Crippen molar-refractivity contribution in [2.75, 3.05) is 19.8 Å². The number of amides is 1. The van der Waals surface area contributed by atoms with Crippen LogP contribution in [0.1, 0.15) is 51.5 Å². The van der Waals surface area contributed by atoms with Gasteiger partial charge in [0.2, 0.25) is 0 Å². The van der Waals surface area contributed by atoms with E-state index in [4.69, 9.17) is 9.47 Å². The molecule has 6 nitrogen and oxygen atoms in total. The first-order valence-corrected chi connectivity index (χ1v) is 9.17. The third-order valence-electron chi connectivity index (χ3n) is 4.13. The van der Waals surface area contributed by atoms with E-state index in [1.807, 2.05) is 32.0 Å². The molecular formula is C19H29N3O3. The summed E-state index contributed by atoms with van der Waals surface area (Å²) < 4.78 is 11.1. The van der Waals surface area contributed by atoms with E-state index >= 15 is 0 Å². The molecule has 0 aromatic heterocycles. The van der Waals surface area contributed by atoms with Crippen molar-refractivity contribution in [3.05, 3.63) is 23.8 Å². The molecule has 2 N–H and O–H groups in total. The summed E-state index contributed by atoms with van der Waals surface area (Å²) in [6.45, 7) is 5.30. The van der Waals surface area contributed by atoms with Crippen LogP contribution < -0.4 is 20.2 Å². The molecular weight excluding hydrogens is 318 g/mol. The summed E-state index contributed by atoms with van der Waals surface area (Å²) in [5.41, 5.74) is 3.40. The smallest absolute Gasteiger partial charge is 0.254 e. The van der Waals surface area contributed by atoms with Gasteiger partial charge in [0.1, 0.15) is 0 Å². The van der Waals surface area contributed by atoms with Gasteiger partial charge in [-0.1, -0.05) is 19.3 Å². The van der Waals surface area contributed by atoms with E-state index < -0.39 is 0 Å². The minimum absolute atomic E-state index is 0.127. The van der Waals surface area contributed by atoms with Crippen LogP contribution in [0.25, 0.3) is 0 Å². The fourth-order valence-electron chi connectivity index (χ4n) is 2.91. The highest BCUT2D eigenvalue weighted by Gasteiger charge is 2.13. The Morgan fingerprint density at radius 1 is 1.16 bits per heavy atom. The van der Waals surface area contributed by atoms with Gasteiger partial charge in [-0.3, -0.25) is 4.79 Å². The average Bonchev–Trinajstić information content (AvgIpc) is 2.63. The normalized spacial score (nSPS) is 15.3. The van der Waals surface area contributed by atoms with Crippen molar-refractivity contribution in [1.82, 2.24) is 10.7 Å². The van der Waals surface area contributed by atoms with Gasteiger partial charge < -0.3 is 14.8 Å². The van der Waals surface area contributed by atoms with Gasteiger partial charge in [0.05, 0.1) is 26.0 Å². The zero-order valence-corrected chi connectivity index (χ0v) is 15.2. The molecule has 0 saturated heterocycles. The lowest BCUT2D eigenvalue weighted by molar-refractivity contribution is -0.120. The van der Waals surface area contributed by atoms with Gasteiger partial charge in [-0.25, -0.2) is 5.43 Å². The molecule has 0 spiro atoms. The minimum Gasteiger partial charge on any atom is -0.490 e. The van der Waals surface area contributed by atoms with Gasteiger partial charge in [-0.15, -0.1) is 0 Å². The van der Waals surface area contributed by atoms with Crippen LogP contribution >= 0.6 is 0 Å². The first-order valence-electron chi connectivity index (χ1n) is 9.17. The van der Waals surface area contributed by atoms with Gasteiger partial charge in [-0.05, 0) is 50.5 Å². The van der Waals surface area contributed by atoms with Gasteiger partial charge >= 0.3 is 0 Å². The number of carbonyl (C=O) groups excluding carboxylic acids is 1. The Hall–Kier alpha value is -2.08. The Bertz CT molecular complexity index is 569. The monoisotopic (exact) mass is 347 g/mol. The van der Waals surface area contributed by atoms with Crippen molar-refractivity contribution in [1.29, 1.82) is 0 Å². The summed E-state index contributed by atoms with van der Waals surface area (Å²) in [5.74, 6) is 1.26. The third-order valence-corrected chi connectivity index (χ3v) is 4.13. The lowest BCUT2D eigenvalue weighted by Crippen LogP contribution is -2.38. The number of nitrogens with zero attached hydrogens (tertiary/aromatic N) is 1. The maximum atomic E-state index is 11.9. The molecule has 6 heteroatoms. The maximum absolute atomic E-state index is 11.9. The van der Waals surface area contributed by atoms with E-state index in [0.29, 0.717) is 37.3 Å². The second-order valence-corrected chi connectivity index (χ2v) is 6.08. The van der Waals surface area contributed by atoms with Crippen molar-refractivity contribution in [2.45, 2.75) is 52.0 Å². The van der Waals surface area contributed by atoms with E-state index in [9.17, 15) is 4.79 Å². The van der Waals surface area contributed by atoms with Crippen molar-refractivity contribution in [3.8, 4) is 11.5 Å². The number of carbonyl (C=O) groups is 1. The molecule has 1 amide bonds. The Labute approximate surface area is 150 Å². The lowest BCUT2D eigenvalue weighted by Gasteiger charge is -2.22. The molecule has 2 rings (SSSR count). The molecule has 1 aromatic carbocycles. The van der Waals surface area contributed by atoms with Crippen molar-refractivity contribution >= 4 is 12.1 Å². The zero-order chi connectivity index (χ0) is 17.9. The van der Waals surface area contributed by atoms with Crippen molar-refractivity contribution < 1.29 is 14.3 Å². The molecule has 0 atom stereocenters. The molecule has 1 aliphatic rings. The maximum Gasteiger partial charge on any atom is 0.254 e. The first-order chi connectivity index (χ1) is 12.2. The highest BCUT2D eigenvalue weighted by atomic mass is 16.5. The fraction of sp³-hybridized carbons (Fsp3) is 0.579. The van der Waals surface area contributed by atoms with Crippen LogP contribution in [-0.2, 0) is 4.79 Å². The molecule has 1 aliphatic carbocycles. The highest BCUT2D eigenvalue weighted by molar-refractivity contribution is 5.83. The lowest BCUT2D eigenvalue weighted by atomic mass is 9.95. The second kappa shape index (κ2) is 10.7. The minimum atomic E-state index is -0.127. The molecule has 0 radical (unpaired) electrons. The molecule has 1 saturated carbocycles. The summed E-state index contributed by atoms with van der Waals surface area (Å²) in [7, 11) is 0. The highest BCUT2D eigenvalue weighted by Crippen LogP contribution is 2.27. The van der Waals surface area contributed by atoms with E-state index in [1.54, 1.807) is 6.21 Å². The summed E-state index contributed by atoms with van der Waals surface area (Å²) in [4.78, 5) is 11.9. The summed E-state index contributed by atoms with van der Waals surface area (Å²) in [6.07, 6.45) is 7.72. The van der Waals surface area contributed by atoms with Crippen molar-refractivity contribution in [3.63, 3.8) is 0 Å². The van der Waals surface area contributed by atoms with Crippen LogP contribution in [0.4, 0.5) is 0 Å². The van der Waals surface area contributed by atoms with Crippen LogP contribution in [0, 0.1) is 0 Å². The van der Waals surface area contributed by atoms with Gasteiger partial charge in [0.15, 0.2) is 11.5 Å². The number of ether oxygens (including phenoxy) is 2. The largest absolute Gasteiger partial charge is 0.490 e. The van der Waals surface area contributed by atoms with Crippen LogP contribution in [0.5, 0.6) is 11.5 Å². The van der Waals surface area contributed by atoms with Gasteiger partial charge in [0, 0.05) is 6.04 Å². The quantitative estimate of drug-likeness (QED) is 0.532. The Balaban J connectivity index is 1.81.